The van der Waals surface area contributed by atoms with Crippen molar-refractivity contribution < 1.29 is 39.5 Å². The van der Waals surface area contributed by atoms with E-state index in [1.807, 2.05) is 100 Å². The Balaban J connectivity index is 1.15. The normalized spacial score (nSPS) is 12.4. The first-order chi connectivity index (χ1) is 34.7. The lowest BCUT2D eigenvalue weighted by Crippen LogP contribution is -2.05. The third kappa shape index (κ3) is 8.34. The van der Waals surface area contributed by atoms with Gasteiger partial charge in [-0.25, -0.2) is 4.85 Å². The van der Waals surface area contributed by atoms with Crippen LogP contribution in [0.15, 0.2) is 176 Å². The molecule has 2 heterocycles. The third-order valence-electron chi connectivity index (χ3n) is 13.4. The Morgan fingerprint density at radius 3 is 1.23 bits per heavy atom. The molecular weight excluding hydrogens is 946 g/mol. The molecule has 11 aromatic rings. The number of benzene rings is 9. The monoisotopic (exact) mass is 983 g/mol. The summed E-state index contributed by atoms with van der Waals surface area (Å²) in [4.78, 5) is 3.98. The number of halogens is 9. The molecule has 0 aliphatic heterocycles. The van der Waals surface area contributed by atoms with Crippen LogP contribution in [0.25, 0.3) is 104 Å². The molecule has 0 spiro atoms. The van der Waals surface area contributed by atoms with Crippen LogP contribution in [-0.4, -0.2) is 9.13 Å². The molecule has 0 radical (unpaired) electrons. The number of alkyl halides is 9. The first-order valence-electron chi connectivity index (χ1n) is 23.0. The maximum atomic E-state index is 14.3. The van der Waals surface area contributed by atoms with Gasteiger partial charge in [0.1, 0.15) is 0 Å². The molecule has 0 unspecified atom stereocenters. The zero-order valence-electron chi connectivity index (χ0n) is 39.0. The van der Waals surface area contributed by atoms with Gasteiger partial charge in [-0.05, 0) is 179 Å². The Hall–Kier alpha value is -8.56. The van der Waals surface area contributed by atoms with Crippen LogP contribution in [0.1, 0.15) is 33.4 Å². The summed E-state index contributed by atoms with van der Waals surface area (Å²) in [5.41, 5.74) is 7.00. The maximum Gasteiger partial charge on any atom is 0.416 e. The van der Waals surface area contributed by atoms with Crippen molar-refractivity contribution >= 4 is 49.3 Å². The molecule has 360 valence electrons. The molecule has 0 saturated heterocycles. The molecule has 0 atom stereocenters. The molecule has 0 saturated carbocycles. The van der Waals surface area contributed by atoms with E-state index in [2.05, 4.69) is 4.85 Å². The van der Waals surface area contributed by atoms with Crippen molar-refractivity contribution in [1.29, 1.82) is 0 Å². The smallest absolute Gasteiger partial charge is 0.309 e. The molecule has 0 N–H and O–H groups in total. The number of nitrogens with zero attached hydrogens (tertiary/aromatic N) is 3. The number of fused-ring (bicyclic) bond motifs is 6. The minimum atomic E-state index is -4.63. The van der Waals surface area contributed by atoms with Gasteiger partial charge in [-0.15, -0.1) is 0 Å². The summed E-state index contributed by atoms with van der Waals surface area (Å²) in [7, 11) is 0. The molecular formula is C61H38F9N3. The number of hydrogen-bond acceptors (Lipinski definition) is 0. The van der Waals surface area contributed by atoms with Crippen LogP contribution in [0.2, 0.25) is 0 Å². The van der Waals surface area contributed by atoms with Gasteiger partial charge in [-0.3, -0.25) is 0 Å². The second-order valence-corrected chi connectivity index (χ2v) is 18.5. The van der Waals surface area contributed by atoms with Crippen LogP contribution < -0.4 is 0 Å². The summed E-state index contributed by atoms with van der Waals surface area (Å²) in [6.45, 7) is 13.3. The maximum absolute atomic E-state index is 14.3. The van der Waals surface area contributed by atoms with Crippen molar-refractivity contribution in [3.05, 3.63) is 221 Å². The first kappa shape index (κ1) is 46.8. The van der Waals surface area contributed by atoms with E-state index in [9.17, 15) is 39.5 Å². The first-order valence-corrected chi connectivity index (χ1v) is 23.0. The van der Waals surface area contributed by atoms with Gasteiger partial charge < -0.3 is 9.13 Å². The second-order valence-electron chi connectivity index (χ2n) is 18.5. The number of para-hydroxylation sites is 2. The highest BCUT2D eigenvalue weighted by Gasteiger charge is 2.33. The third-order valence-corrected chi connectivity index (χ3v) is 13.4. The van der Waals surface area contributed by atoms with Crippen LogP contribution >= 0.6 is 0 Å². The zero-order chi connectivity index (χ0) is 51.3. The van der Waals surface area contributed by atoms with Crippen molar-refractivity contribution in [2.24, 2.45) is 0 Å². The quantitative estimate of drug-likeness (QED) is 0.116. The highest BCUT2D eigenvalue weighted by molar-refractivity contribution is 6.12. The summed E-state index contributed by atoms with van der Waals surface area (Å²) in [6.07, 6.45) is -13.7. The van der Waals surface area contributed by atoms with Crippen molar-refractivity contribution in [3.8, 4) is 55.9 Å². The van der Waals surface area contributed by atoms with Gasteiger partial charge in [0, 0.05) is 27.2 Å². The van der Waals surface area contributed by atoms with E-state index in [0.717, 1.165) is 74.5 Å². The predicted molar refractivity (Wildman–Crippen MR) is 272 cm³/mol. The topological polar surface area (TPSA) is 14.2 Å². The Morgan fingerprint density at radius 2 is 0.767 bits per heavy atom. The van der Waals surface area contributed by atoms with Gasteiger partial charge in [0.25, 0.3) is 0 Å². The summed E-state index contributed by atoms with van der Waals surface area (Å²) >= 11 is 0. The van der Waals surface area contributed by atoms with Gasteiger partial charge in [0.2, 0.25) is 0 Å². The van der Waals surface area contributed by atoms with Gasteiger partial charge in [0.05, 0.1) is 51.0 Å². The minimum Gasteiger partial charge on any atom is -0.309 e. The summed E-state index contributed by atoms with van der Waals surface area (Å²) < 4.78 is 131. The fourth-order valence-corrected chi connectivity index (χ4v) is 10.3. The molecule has 11 rings (SSSR count). The SMILES string of the molecule is [C-]#[N+]c1ccc(-n2c3ccccc3c3cc(-c4cc(C)cc(C(F)(F)F)c4)ccc32)cc1-c1cc(-c2cc(C)cc(C(F)(F)F)c2)ccc1-n1c2ccccc2c2cc(-c3cc(C)cc(C(F)(F)F)c3)ccc21. The van der Waals surface area contributed by atoms with Crippen LogP contribution in [0.3, 0.4) is 0 Å². The molecule has 73 heavy (non-hydrogen) atoms. The number of aromatic nitrogens is 2. The molecule has 0 amide bonds. The molecule has 9 aromatic carbocycles. The van der Waals surface area contributed by atoms with Gasteiger partial charge >= 0.3 is 18.5 Å². The Bertz CT molecular complexity index is 4100. The minimum absolute atomic E-state index is 0.244. The van der Waals surface area contributed by atoms with Crippen molar-refractivity contribution in [2.45, 2.75) is 39.3 Å². The molecule has 0 fully saturated rings. The highest BCUT2D eigenvalue weighted by Crippen LogP contribution is 2.46. The van der Waals surface area contributed by atoms with Crippen LogP contribution in [0, 0.1) is 27.3 Å². The van der Waals surface area contributed by atoms with Crippen molar-refractivity contribution in [1.82, 2.24) is 9.13 Å². The summed E-state index contributed by atoms with van der Waals surface area (Å²) in [6, 6.07) is 48.6. The van der Waals surface area contributed by atoms with E-state index >= 15 is 0 Å². The van der Waals surface area contributed by atoms with Gasteiger partial charge in [-0.2, -0.15) is 39.5 Å². The lowest BCUT2D eigenvalue weighted by molar-refractivity contribution is -0.138. The van der Waals surface area contributed by atoms with E-state index < -0.39 is 35.2 Å². The molecule has 0 bridgehead atoms. The average molecular weight is 984 g/mol. The second kappa shape index (κ2) is 17.1. The van der Waals surface area contributed by atoms with E-state index in [1.54, 1.807) is 69.3 Å². The Labute approximate surface area is 412 Å². The lowest BCUT2D eigenvalue weighted by Gasteiger charge is -2.19. The van der Waals surface area contributed by atoms with E-state index in [0.29, 0.717) is 78.1 Å². The molecule has 12 heteroatoms. The van der Waals surface area contributed by atoms with E-state index in [-0.39, 0.29) is 5.69 Å². The Kier molecular flexibility index (Phi) is 10.9. The summed E-state index contributed by atoms with van der Waals surface area (Å²) in [5, 5.41) is 3.12. The average Bonchev–Trinajstić information content (AvgIpc) is 3.87. The number of aryl methyl sites for hydroxylation is 3. The zero-order valence-corrected chi connectivity index (χ0v) is 39.0. The highest BCUT2D eigenvalue weighted by atomic mass is 19.4. The lowest BCUT2D eigenvalue weighted by atomic mass is 9.94. The van der Waals surface area contributed by atoms with Crippen LogP contribution in [0.5, 0.6) is 0 Å². The number of hydrogen-bond donors (Lipinski definition) is 0. The van der Waals surface area contributed by atoms with Crippen LogP contribution in [0.4, 0.5) is 45.2 Å². The van der Waals surface area contributed by atoms with E-state index in [1.165, 1.54) is 0 Å². The van der Waals surface area contributed by atoms with Crippen LogP contribution in [-0.2, 0) is 18.5 Å². The van der Waals surface area contributed by atoms with Gasteiger partial charge in [-0.1, -0.05) is 78.9 Å². The molecule has 0 aliphatic carbocycles. The predicted octanol–water partition coefficient (Wildman–Crippen LogP) is 19.1. The molecule has 3 nitrogen and oxygen atoms in total. The van der Waals surface area contributed by atoms with Gasteiger partial charge in [0.15, 0.2) is 5.69 Å². The fourth-order valence-electron chi connectivity index (χ4n) is 10.3. The summed E-state index contributed by atoms with van der Waals surface area (Å²) in [5.74, 6) is 0. The fraction of sp³-hybridized carbons (Fsp3) is 0.0984. The van der Waals surface area contributed by atoms with Crippen molar-refractivity contribution in [2.75, 3.05) is 0 Å². The standard InChI is InChI=1S/C61H38F9N3/c1-34-21-40(27-43(24-34)59(62,63)64)37-13-18-56-50(30-37)47-9-5-7-11-54(47)72(56)46-16-17-53(71-4)49(33-46)52-32-39(42-23-36(3)26-45(29-42)61(68,69)70)15-20-58(52)73-55-12-8-6-10-48(55)51-31-38(14-19-57(51)73)41-22-35(2)25-44(28-41)60(65,66)67/h5-33H,1-3H3. The largest absolute Gasteiger partial charge is 0.416 e. The Morgan fingerprint density at radius 1 is 0.356 bits per heavy atom. The molecule has 2 aromatic heterocycles. The van der Waals surface area contributed by atoms with Crippen molar-refractivity contribution in [3.63, 3.8) is 0 Å². The number of rotatable bonds is 6. The molecule has 0 aliphatic rings. The van der Waals surface area contributed by atoms with E-state index in [4.69, 9.17) is 6.57 Å².